The smallest absolute Gasteiger partial charge is 0.406 e. The van der Waals surface area contributed by atoms with Gasteiger partial charge in [0, 0.05) is 16.9 Å². The number of allylic oxidation sites excluding steroid dienone is 3. The molecule has 10 heteroatoms. The molecule has 0 fully saturated rings. The molecule has 0 amide bonds. The molecule has 3 aromatic carbocycles. The lowest BCUT2D eigenvalue weighted by Crippen LogP contribution is -2.26. The average molecular weight is 581 g/mol. The van der Waals surface area contributed by atoms with Gasteiger partial charge >= 0.3 is 12.2 Å². The number of nitrogens with zero attached hydrogens (tertiary/aromatic N) is 6. The molecule has 208 valence electrons. The van der Waals surface area contributed by atoms with E-state index in [0.717, 1.165) is 17.7 Å². The number of hydrogen-bond acceptors (Lipinski definition) is 5. The fourth-order valence-corrected chi connectivity index (χ4v) is 5.74. The molecule has 0 saturated heterocycles. The van der Waals surface area contributed by atoms with E-state index < -0.39 is 12.1 Å². The number of nitriles is 4. The van der Waals surface area contributed by atoms with Crippen LogP contribution in [0.2, 0.25) is 0 Å². The van der Waals surface area contributed by atoms with E-state index in [9.17, 15) is 34.2 Å². The topological polar surface area (TPSA) is 113 Å². The maximum absolute atomic E-state index is 12.8. The third-order valence-corrected chi connectivity index (χ3v) is 7.47. The molecular weight excluding hydrogens is 565 g/mol. The van der Waals surface area contributed by atoms with Gasteiger partial charge < -0.3 is 4.74 Å². The average Bonchev–Trinajstić information content (AvgIpc) is 3.57. The van der Waals surface area contributed by atoms with Crippen molar-refractivity contribution in [3.8, 4) is 30.0 Å². The van der Waals surface area contributed by atoms with Gasteiger partial charge in [0.05, 0.1) is 16.7 Å². The van der Waals surface area contributed by atoms with Crippen LogP contribution in [-0.2, 0) is 12.8 Å². The number of hydrogen-bond donors (Lipinski definition) is 0. The monoisotopic (exact) mass is 580 g/mol. The van der Waals surface area contributed by atoms with Gasteiger partial charge in [-0.3, -0.25) is 0 Å². The summed E-state index contributed by atoms with van der Waals surface area (Å²) in [5.41, 5.74) is 4.02. The molecule has 3 aromatic rings. The van der Waals surface area contributed by atoms with Gasteiger partial charge in [-0.1, -0.05) is 42.0 Å². The standard InChI is InChI=1S/C34H15F3N6O/c1-18-4-6-19(7-5-18)30-26(33(42-2)43-3)13-25-28(17-41)31-24(27(16-40)32(25)30)12-23(21(14-38)15-39)29(31)20-8-10-22(11-9-20)44-34(35,36)37/h4-11H,12-13H2,1H3. The van der Waals surface area contributed by atoms with Crippen LogP contribution < -0.4 is 15.2 Å². The molecule has 0 atom stereocenters. The van der Waals surface area contributed by atoms with Crippen molar-refractivity contribution in [2.24, 2.45) is 0 Å². The molecule has 0 heterocycles. The van der Waals surface area contributed by atoms with Gasteiger partial charge in [-0.15, -0.1) is 13.2 Å². The SMILES string of the molecule is [C-]#[N+]C([N+]#[C-])=C1Cc2c(C#N)c3c(c(C#N)c2=C1c1ccc(C)cc1)CC(=C(C#N)C#N)C=3c1ccc(OC(F)(F)F)cc1. The van der Waals surface area contributed by atoms with Gasteiger partial charge in [0.2, 0.25) is 0 Å². The van der Waals surface area contributed by atoms with Gasteiger partial charge in [0.25, 0.3) is 0 Å². The first kappa shape index (κ1) is 28.9. The Labute approximate surface area is 249 Å². The first-order valence-corrected chi connectivity index (χ1v) is 12.8. The molecule has 0 aromatic heterocycles. The van der Waals surface area contributed by atoms with Crippen molar-refractivity contribution in [2.75, 3.05) is 0 Å². The van der Waals surface area contributed by atoms with Gasteiger partial charge in [-0.25, -0.2) is 0 Å². The zero-order valence-electron chi connectivity index (χ0n) is 22.8. The van der Waals surface area contributed by atoms with Crippen molar-refractivity contribution < 1.29 is 17.9 Å². The van der Waals surface area contributed by atoms with Crippen LogP contribution in [-0.4, -0.2) is 6.36 Å². The quantitative estimate of drug-likeness (QED) is 0.298. The summed E-state index contributed by atoms with van der Waals surface area (Å²) in [5, 5.41) is 41.4. The van der Waals surface area contributed by atoms with E-state index in [2.05, 4.69) is 26.6 Å². The van der Waals surface area contributed by atoms with Gasteiger partial charge in [0.1, 0.15) is 48.7 Å². The predicted molar refractivity (Wildman–Crippen MR) is 150 cm³/mol. The Morgan fingerprint density at radius 2 is 1.20 bits per heavy atom. The number of alkyl halides is 3. The Hall–Kier alpha value is -6.59. The van der Waals surface area contributed by atoms with E-state index in [1.165, 1.54) is 12.1 Å². The molecule has 44 heavy (non-hydrogen) atoms. The van der Waals surface area contributed by atoms with Crippen molar-refractivity contribution in [1.82, 2.24) is 0 Å². The summed E-state index contributed by atoms with van der Waals surface area (Å²) in [6, 6.07) is 20.3. The van der Waals surface area contributed by atoms with Crippen LogP contribution in [0.5, 0.6) is 5.75 Å². The van der Waals surface area contributed by atoms with Crippen molar-refractivity contribution in [2.45, 2.75) is 26.1 Å². The van der Waals surface area contributed by atoms with E-state index in [-0.39, 0.29) is 51.7 Å². The van der Waals surface area contributed by atoms with Crippen molar-refractivity contribution >= 4 is 11.1 Å². The Balaban J connectivity index is 1.99. The molecule has 2 aliphatic carbocycles. The molecule has 0 bridgehead atoms. The molecule has 0 saturated carbocycles. The summed E-state index contributed by atoms with van der Waals surface area (Å²) in [7, 11) is 0. The molecule has 5 rings (SSSR count). The third-order valence-electron chi connectivity index (χ3n) is 7.47. The lowest BCUT2D eigenvalue weighted by molar-refractivity contribution is -0.274. The zero-order chi connectivity index (χ0) is 31.8. The Morgan fingerprint density at radius 1 is 0.750 bits per heavy atom. The minimum absolute atomic E-state index is 0.00245. The second kappa shape index (κ2) is 11.0. The normalized spacial score (nSPS) is 13.0. The number of fused-ring (bicyclic) bond motifs is 2. The molecule has 0 unspecified atom stereocenters. The van der Waals surface area contributed by atoms with E-state index in [4.69, 9.17) is 13.1 Å². The summed E-state index contributed by atoms with van der Waals surface area (Å²) >= 11 is 0. The Bertz CT molecular complexity index is 2200. The number of rotatable bonds is 3. The zero-order valence-corrected chi connectivity index (χ0v) is 22.8. The summed E-state index contributed by atoms with van der Waals surface area (Å²) in [4.78, 5) is 6.84. The molecule has 2 aliphatic rings. The lowest BCUT2D eigenvalue weighted by Gasteiger charge is -2.11. The largest absolute Gasteiger partial charge is 0.573 e. The number of ether oxygens (including phenoxy) is 1. The highest BCUT2D eigenvalue weighted by molar-refractivity contribution is 5.91. The van der Waals surface area contributed by atoms with Crippen LogP contribution in [0.3, 0.4) is 0 Å². The van der Waals surface area contributed by atoms with Gasteiger partial charge in [0.15, 0.2) is 0 Å². The highest BCUT2D eigenvalue weighted by Crippen LogP contribution is 2.38. The van der Waals surface area contributed by atoms with Crippen LogP contribution in [0.15, 0.2) is 71.1 Å². The highest BCUT2D eigenvalue weighted by Gasteiger charge is 2.36. The molecule has 0 aliphatic heterocycles. The first-order valence-electron chi connectivity index (χ1n) is 12.8. The van der Waals surface area contributed by atoms with Crippen LogP contribution in [0.4, 0.5) is 13.2 Å². The highest BCUT2D eigenvalue weighted by atomic mass is 19.4. The second-order valence-electron chi connectivity index (χ2n) is 9.83. The minimum atomic E-state index is -4.92. The van der Waals surface area contributed by atoms with Crippen LogP contribution in [0, 0.1) is 65.4 Å². The van der Waals surface area contributed by atoms with Crippen molar-refractivity contribution in [3.05, 3.63) is 143 Å². The molecule has 0 spiro atoms. The molecule has 0 radical (unpaired) electrons. The minimum Gasteiger partial charge on any atom is -0.406 e. The van der Waals surface area contributed by atoms with Crippen LogP contribution in [0.25, 0.3) is 20.8 Å². The first-order chi connectivity index (χ1) is 21.1. The maximum atomic E-state index is 12.8. The molecule has 0 N–H and O–H groups in total. The van der Waals surface area contributed by atoms with Gasteiger partial charge in [-0.05, 0) is 64.5 Å². The summed E-state index contributed by atoms with van der Waals surface area (Å²) in [6.45, 7) is 17.2. The summed E-state index contributed by atoms with van der Waals surface area (Å²) in [5.74, 6) is -0.692. The Morgan fingerprint density at radius 3 is 1.64 bits per heavy atom. The van der Waals surface area contributed by atoms with E-state index in [1.807, 2.05) is 43.3 Å². The van der Waals surface area contributed by atoms with Gasteiger partial charge in [-0.2, -0.15) is 30.7 Å². The number of halogens is 3. The van der Waals surface area contributed by atoms with Crippen molar-refractivity contribution in [1.29, 1.82) is 21.0 Å². The maximum Gasteiger partial charge on any atom is 0.573 e. The van der Waals surface area contributed by atoms with Crippen LogP contribution in [0.1, 0.15) is 38.9 Å². The number of benzene rings is 3. The number of aryl methyl sites for hydroxylation is 1. The summed E-state index contributed by atoms with van der Waals surface area (Å²) < 4.78 is 42.4. The van der Waals surface area contributed by atoms with Crippen molar-refractivity contribution in [3.63, 3.8) is 0 Å². The summed E-state index contributed by atoms with van der Waals surface area (Å²) in [6.07, 6.45) is -5.00. The van der Waals surface area contributed by atoms with Crippen LogP contribution >= 0.6 is 0 Å². The van der Waals surface area contributed by atoms with E-state index in [1.54, 1.807) is 0 Å². The predicted octanol–water partition coefficient (Wildman–Crippen LogP) is 5.54. The molecular formula is C34H15F3N6O. The fraction of sp³-hybridized carbons (Fsp3) is 0.118. The lowest BCUT2D eigenvalue weighted by atomic mass is 9.92. The van der Waals surface area contributed by atoms with E-state index in [0.29, 0.717) is 38.6 Å². The van der Waals surface area contributed by atoms with E-state index >= 15 is 0 Å². The third kappa shape index (κ3) is 4.70. The fourth-order valence-electron chi connectivity index (χ4n) is 5.74. The molecule has 7 nitrogen and oxygen atoms in total. The second-order valence-corrected chi connectivity index (χ2v) is 9.83. The Kier molecular flexibility index (Phi) is 7.23.